The van der Waals surface area contributed by atoms with Crippen molar-refractivity contribution in [2.75, 3.05) is 11.9 Å². The fraction of sp³-hybridized carbons (Fsp3) is 0.500. The Bertz CT molecular complexity index is 516. The van der Waals surface area contributed by atoms with Crippen molar-refractivity contribution in [1.29, 1.82) is 5.26 Å². The van der Waals surface area contributed by atoms with Gasteiger partial charge in [0.25, 0.3) is 5.69 Å². The van der Waals surface area contributed by atoms with Gasteiger partial charge in [0.05, 0.1) is 16.6 Å². The van der Waals surface area contributed by atoms with Crippen LogP contribution in [0.3, 0.4) is 0 Å². The van der Waals surface area contributed by atoms with Crippen LogP contribution >= 0.6 is 0 Å². The first kappa shape index (κ1) is 13.3. The van der Waals surface area contributed by atoms with Gasteiger partial charge in [-0.15, -0.1) is 0 Å². The van der Waals surface area contributed by atoms with Crippen LogP contribution in [0, 0.1) is 21.4 Å². The van der Waals surface area contributed by atoms with Crippen LogP contribution in [0.25, 0.3) is 0 Å². The summed E-state index contributed by atoms with van der Waals surface area (Å²) in [5, 5.41) is 20.0. The van der Waals surface area contributed by atoms with Gasteiger partial charge in [0.15, 0.2) is 0 Å². The van der Waals surface area contributed by atoms with Crippen LogP contribution in [0.4, 0.5) is 11.4 Å². The van der Waals surface area contributed by atoms with E-state index in [2.05, 4.69) is 0 Å². The molecule has 0 aliphatic heterocycles. The zero-order valence-electron chi connectivity index (χ0n) is 11.0. The Labute approximate surface area is 112 Å². The number of nitro benzene ring substituents is 1. The van der Waals surface area contributed by atoms with E-state index in [9.17, 15) is 10.1 Å². The summed E-state index contributed by atoms with van der Waals surface area (Å²) in [6, 6.07) is 6.99. The van der Waals surface area contributed by atoms with E-state index in [1.807, 2.05) is 18.0 Å². The molecule has 2 rings (SSSR count). The van der Waals surface area contributed by atoms with Gasteiger partial charge in [-0.05, 0) is 25.0 Å². The molecular weight excluding hydrogens is 242 g/mol. The van der Waals surface area contributed by atoms with Gasteiger partial charge in [-0.25, -0.2) is 0 Å². The first-order valence-electron chi connectivity index (χ1n) is 6.55. The molecule has 0 amide bonds. The maximum absolute atomic E-state index is 11.1. The van der Waals surface area contributed by atoms with Gasteiger partial charge in [-0.2, -0.15) is 5.26 Å². The maximum Gasteiger partial charge on any atom is 0.293 e. The molecule has 0 bridgehead atoms. The van der Waals surface area contributed by atoms with Gasteiger partial charge < -0.3 is 4.90 Å². The largest absolute Gasteiger partial charge is 0.366 e. The molecule has 1 aliphatic carbocycles. The zero-order chi connectivity index (χ0) is 13.8. The number of rotatable bonds is 3. The number of nitrogens with zero attached hydrogens (tertiary/aromatic N) is 3. The Morgan fingerprint density at radius 2 is 2.05 bits per heavy atom. The monoisotopic (exact) mass is 259 g/mol. The second-order valence-corrected chi connectivity index (χ2v) is 4.98. The smallest absolute Gasteiger partial charge is 0.293 e. The van der Waals surface area contributed by atoms with Crippen LogP contribution in [0.2, 0.25) is 0 Å². The van der Waals surface area contributed by atoms with Crippen molar-refractivity contribution in [3.63, 3.8) is 0 Å². The summed E-state index contributed by atoms with van der Waals surface area (Å²) >= 11 is 0. The molecule has 1 aromatic carbocycles. The summed E-state index contributed by atoms with van der Waals surface area (Å²) in [6.07, 6.45) is 5.76. The summed E-state index contributed by atoms with van der Waals surface area (Å²) in [6.45, 7) is 0. The van der Waals surface area contributed by atoms with Crippen molar-refractivity contribution < 1.29 is 4.92 Å². The van der Waals surface area contributed by atoms with E-state index in [1.165, 1.54) is 25.3 Å². The lowest BCUT2D eigenvalue weighted by Crippen LogP contribution is -2.33. The summed E-state index contributed by atoms with van der Waals surface area (Å²) in [7, 11) is 1.91. The van der Waals surface area contributed by atoms with Gasteiger partial charge in [0.1, 0.15) is 5.69 Å². The van der Waals surface area contributed by atoms with Crippen LogP contribution in [0.15, 0.2) is 18.2 Å². The molecule has 1 saturated carbocycles. The molecule has 1 aromatic rings. The number of hydrogen-bond acceptors (Lipinski definition) is 4. The van der Waals surface area contributed by atoms with E-state index in [-0.39, 0.29) is 5.69 Å². The molecule has 19 heavy (non-hydrogen) atoms. The lowest BCUT2D eigenvalue weighted by atomic mass is 9.94. The molecule has 0 atom stereocenters. The molecule has 5 nitrogen and oxygen atoms in total. The Morgan fingerprint density at radius 1 is 1.37 bits per heavy atom. The highest BCUT2D eigenvalue weighted by molar-refractivity contribution is 5.65. The highest BCUT2D eigenvalue weighted by atomic mass is 16.6. The lowest BCUT2D eigenvalue weighted by Gasteiger charge is -2.32. The number of benzene rings is 1. The number of anilines is 1. The van der Waals surface area contributed by atoms with Crippen molar-refractivity contribution in [3.05, 3.63) is 33.9 Å². The van der Waals surface area contributed by atoms with Gasteiger partial charge in [0, 0.05) is 19.2 Å². The molecule has 0 saturated heterocycles. The molecule has 100 valence electrons. The molecule has 1 aliphatic rings. The van der Waals surface area contributed by atoms with Gasteiger partial charge in [0.2, 0.25) is 0 Å². The summed E-state index contributed by atoms with van der Waals surface area (Å²) < 4.78 is 0. The van der Waals surface area contributed by atoms with E-state index in [0.717, 1.165) is 12.8 Å². The zero-order valence-corrected chi connectivity index (χ0v) is 11.0. The van der Waals surface area contributed by atoms with Crippen molar-refractivity contribution in [3.8, 4) is 6.07 Å². The van der Waals surface area contributed by atoms with Gasteiger partial charge in [-0.1, -0.05) is 19.3 Å². The Hall–Kier alpha value is -2.09. The minimum Gasteiger partial charge on any atom is -0.366 e. The predicted molar refractivity (Wildman–Crippen MR) is 73.1 cm³/mol. The summed E-state index contributed by atoms with van der Waals surface area (Å²) in [5.74, 6) is 0. The van der Waals surface area contributed by atoms with E-state index in [4.69, 9.17) is 5.26 Å². The highest BCUT2D eigenvalue weighted by Crippen LogP contribution is 2.33. The third kappa shape index (κ3) is 2.84. The summed E-state index contributed by atoms with van der Waals surface area (Å²) in [4.78, 5) is 12.7. The molecule has 0 N–H and O–H groups in total. The van der Waals surface area contributed by atoms with Crippen molar-refractivity contribution >= 4 is 11.4 Å². The second-order valence-electron chi connectivity index (χ2n) is 4.98. The molecule has 0 aromatic heterocycles. The quantitative estimate of drug-likeness (QED) is 0.617. The number of nitriles is 1. The standard InChI is InChI=1S/C14H17N3O2/c1-16(12-5-3-2-4-6-12)13-8-7-11(10-15)9-14(13)17(18)19/h7-9,12H,2-6H2,1H3. The number of hydrogen-bond donors (Lipinski definition) is 0. The average Bonchev–Trinajstić information content (AvgIpc) is 2.46. The first-order chi connectivity index (χ1) is 9.13. The molecule has 0 spiro atoms. The first-order valence-corrected chi connectivity index (χ1v) is 6.55. The van der Waals surface area contributed by atoms with Crippen LogP contribution in [0.1, 0.15) is 37.7 Å². The molecule has 0 heterocycles. The van der Waals surface area contributed by atoms with E-state index in [1.54, 1.807) is 12.1 Å². The molecule has 5 heteroatoms. The molecule has 0 unspecified atom stereocenters. The minimum absolute atomic E-state index is 0.0205. The van der Waals surface area contributed by atoms with Gasteiger partial charge in [-0.3, -0.25) is 10.1 Å². The maximum atomic E-state index is 11.1. The van der Waals surface area contributed by atoms with Crippen molar-refractivity contribution in [2.45, 2.75) is 38.1 Å². The van der Waals surface area contributed by atoms with E-state index < -0.39 is 4.92 Å². The average molecular weight is 259 g/mol. The van der Waals surface area contributed by atoms with Crippen LogP contribution < -0.4 is 4.90 Å². The highest BCUT2D eigenvalue weighted by Gasteiger charge is 2.24. The van der Waals surface area contributed by atoms with E-state index >= 15 is 0 Å². The summed E-state index contributed by atoms with van der Waals surface area (Å²) in [5.41, 5.74) is 0.954. The van der Waals surface area contributed by atoms with Crippen LogP contribution in [-0.4, -0.2) is 18.0 Å². The Balaban J connectivity index is 2.32. The fourth-order valence-corrected chi connectivity index (χ4v) is 2.70. The minimum atomic E-state index is -0.407. The van der Waals surface area contributed by atoms with Crippen molar-refractivity contribution in [1.82, 2.24) is 0 Å². The Morgan fingerprint density at radius 3 is 2.63 bits per heavy atom. The van der Waals surface area contributed by atoms with Gasteiger partial charge >= 0.3 is 0 Å². The molecule has 1 fully saturated rings. The molecule has 0 radical (unpaired) electrons. The predicted octanol–water partition coefficient (Wildman–Crippen LogP) is 3.24. The third-order valence-electron chi connectivity index (χ3n) is 3.80. The van der Waals surface area contributed by atoms with Crippen LogP contribution in [0.5, 0.6) is 0 Å². The lowest BCUT2D eigenvalue weighted by molar-refractivity contribution is -0.384. The third-order valence-corrected chi connectivity index (χ3v) is 3.80. The van der Waals surface area contributed by atoms with Crippen LogP contribution in [-0.2, 0) is 0 Å². The normalized spacial score (nSPS) is 15.8. The fourth-order valence-electron chi connectivity index (χ4n) is 2.70. The SMILES string of the molecule is CN(c1ccc(C#N)cc1[N+](=O)[O-])C1CCCCC1. The van der Waals surface area contributed by atoms with Crippen molar-refractivity contribution in [2.24, 2.45) is 0 Å². The topological polar surface area (TPSA) is 70.2 Å². The van der Waals surface area contributed by atoms with E-state index in [0.29, 0.717) is 17.3 Å². The second kappa shape index (κ2) is 5.70. The molecular formula is C14H17N3O2. The Kier molecular flexibility index (Phi) is 4.00. The number of nitro groups is 1.